The first-order chi connectivity index (χ1) is 6.44. The maximum absolute atomic E-state index is 11.1. The standard InChI is InChI=1S/C7H12ClNO4S/c8-2-1-7(11)9-5-3-14(12,13)4-6(5)10/h5-6,10H,1-4H2,(H,9,11)/t5-,6-/m0/s1. The van der Waals surface area contributed by atoms with Gasteiger partial charge < -0.3 is 10.4 Å². The summed E-state index contributed by atoms with van der Waals surface area (Å²) in [7, 11) is -3.20. The van der Waals surface area contributed by atoms with Gasteiger partial charge in [0.2, 0.25) is 5.91 Å². The van der Waals surface area contributed by atoms with Crippen LogP contribution in [-0.4, -0.2) is 49.0 Å². The summed E-state index contributed by atoms with van der Waals surface area (Å²) in [5.41, 5.74) is 0. The molecule has 2 atom stereocenters. The number of nitrogens with one attached hydrogen (secondary N) is 1. The van der Waals surface area contributed by atoms with Gasteiger partial charge in [-0.05, 0) is 0 Å². The fourth-order valence-electron chi connectivity index (χ4n) is 1.33. The summed E-state index contributed by atoms with van der Waals surface area (Å²) in [5, 5.41) is 11.7. The molecule has 0 aromatic carbocycles. The maximum atomic E-state index is 11.1. The van der Waals surface area contributed by atoms with E-state index >= 15 is 0 Å². The van der Waals surface area contributed by atoms with E-state index in [4.69, 9.17) is 11.6 Å². The van der Waals surface area contributed by atoms with Crippen LogP contribution in [-0.2, 0) is 14.6 Å². The summed E-state index contributed by atoms with van der Waals surface area (Å²) in [6.07, 6.45) is -0.871. The molecule has 1 heterocycles. The molecule has 2 N–H and O–H groups in total. The molecule has 7 heteroatoms. The fraction of sp³-hybridized carbons (Fsp3) is 0.857. The molecule has 14 heavy (non-hydrogen) atoms. The van der Waals surface area contributed by atoms with Gasteiger partial charge in [-0.15, -0.1) is 11.6 Å². The van der Waals surface area contributed by atoms with Crippen LogP contribution >= 0.6 is 11.6 Å². The van der Waals surface area contributed by atoms with Gasteiger partial charge in [-0.3, -0.25) is 4.79 Å². The van der Waals surface area contributed by atoms with E-state index in [1.807, 2.05) is 0 Å². The van der Waals surface area contributed by atoms with Gasteiger partial charge in [-0.25, -0.2) is 8.42 Å². The van der Waals surface area contributed by atoms with Crippen LogP contribution in [0.15, 0.2) is 0 Å². The van der Waals surface area contributed by atoms with Gasteiger partial charge >= 0.3 is 0 Å². The number of hydrogen-bond acceptors (Lipinski definition) is 4. The summed E-state index contributed by atoms with van der Waals surface area (Å²) in [6, 6.07) is -0.685. The lowest BCUT2D eigenvalue weighted by molar-refractivity contribution is -0.121. The number of alkyl halides is 1. The fourth-order valence-corrected chi connectivity index (χ4v) is 3.24. The molecule has 0 aromatic heterocycles. The van der Waals surface area contributed by atoms with E-state index in [0.717, 1.165) is 0 Å². The minimum absolute atomic E-state index is 0.130. The van der Waals surface area contributed by atoms with Gasteiger partial charge in [0.25, 0.3) is 0 Å². The van der Waals surface area contributed by atoms with Crippen molar-refractivity contribution in [2.75, 3.05) is 17.4 Å². The number of amides is 1. The summed E-state index contributed by atoms with van der Waals surface area (Å²) < 4.78 is 22.1. The van der Waals surface area contributed by atoms with Crippen molar-refractivity contribution in [3.05, 3.63) is 0 Å². The molecular weight excluding hydrogens is 230 g/mol. The molecule has 1 aliphatic heterocycles. The van der Waals surface area contributed by atoms with E-state index in [2.05, 4.69) is 5.32 Å². The van der Waals surface area contributed by atoms with Crippen LogP contribution in [0, 0.1) is 0 Å². The third-order valence-corrected chi connectivity index (χ3v) is 3.90. The van der Waals surface area contributed by atoms with Gasteiger partial charge in [-0.2, -0.15) is 0 Å². The largest absolute Gasteiger partial charge is 0.390 e. The van der Waals surface area contributed by atoms with Crippen LogP contribution in [0.25, 0.3) is 0 Å². The minimum Gasteiger partial charge on any atom is -0.390 e. The number of aliphatic hydroxyl groups is 1. The Hall–Kier alpha value is -0.330. The predicted molar refractivity (Wildman–Crippen MR) is 51.9 cm³/mol. The molecule has 0 unspecified atom stereocenters. The average molecular weight is 242 g/mol. The van der Waals surface area contributed by atoms with Crippen molar-refractivity contribution in [3.63, 3.8) is 0 Å². The summed E-state index contributed by atoms with van der Waals surface area (Å²) in [4.78, 5) is 11.1. The summed E-state index contributed by atoms with van der Waals surface area (Å²) in [6.45, 7) is 0. The molecule has 1 saturated heterocycles. The van der Waals surface area contributed by atoms with Crippen LogP contribution in [0.2, 0.25) is 0 Å². The van der Waals surface area contributed by atoms with E-state index in [1.165, 1.54) is 0 Å². The van der Waals surface area contributed by atoms with Crippen LogP contribution in [0.1, 0.15) is 6.42 Å². The average Bonchev–Trinajstić information content (AvgIpc) is 2.25. The second kappa shape index (κ2) is 4.46. The van der Waals surface area contributed by atoms with E-state index < -0.39 is 22.0 Å². The SMILES string of the molecule is O=C(CCCl)N[C@H]1CS(=O)(=O)C[C@@H]1O. The lowest BCUT2D eigenvalue weighted by Crippen LogP contribution is -2.42. The van der Waals surface area contributed by atoms with Gasteiger partial charge in [0, 0.05) is 12.3 Å². The second-order valence-electron chi connectivity index (χ2n) is 3.26. The summed E-state index contributed by atoms with van der Waals surface area (Å²) in [5.74, 6) is -0.622. The molecule has 82 valence electrons. The van der Waals surface area contributed by atoms with E-state index in [9.17, 15) is 18.3 Å². The normalized spacial score (nSPS) is 30.1. The Kier molecular flexibility index (Phi) is 3.74. The maximum Gasteiger partial charge on any atom is 0.221 e. The van der Waals surface area contributed by atoms with Crippen LogP contribution in [0.5, 0.6) is 0 Å². The monoisotopic (exact) mass is 241 g/mol. The highest BCUT2D eigenvalue weighted by Crippen LogP contribution is 2.12. The van der Waals surface area contributed by atoms with Crippen molar-refractivity contribution < 1.29 is 18.3 Å². The minimum atomic E-state index is -3.20. The van der Waals surface area contributed by atoms with Crippen molar-refractivity contribution in [3.8, 4) is 0 Å². The lowest BCUT2D eigenvalue weighted by Gasteiger charge is -2.13. The molecule has 0 aliphatic carbocycles. The number of hydrogen-bond donors (Lipinski definition) is 2. The van der Waals surface area contributed by atoms with Gasteiger partial charge in [0.15, 0.2) is 9.84 Å². The third kappa shape index (κ3) is 3.11. The Morgan fingerprint density at radius 3 is 2.57 bits per heavy atom. The molecule has 5 nitrogen and oxygen atoms in total. The molecule has 1 fully saturated rings. The number of rotatable bonds is 3. The topological polar surface area (TPSA) is 83.5 Å². The Labute approximate surface area is 87.4 Å². The molecule has 1 aliphatic rings. The van der Waals surface area contributed by atoms with Gasteiger partial charge in [-0.1, -0.05) is 0 Å². The van der Waals surface area contributed by atoms with Crippen LogP contribution < -0.4 is 5.32 Å². The zero-order chi connectivity index (χ0) is 10.8. The quantitative estimate of drug-likeness (QED) is 0.614. The first-order valence-corrected chi connectivity index (χ1v) is 6.54. The van der Waals surface area contributed by atoms with Crippen molar-refractivity contribution in [1.29, 1.82) is 0 Å². The molecule has 0 aromatic rings. The zero-order valence-electron chi connectivity index (χ0n) is 7.44. The molecule has 1 rings (SSSR count). The van der Waals surface area contributed by atoms with Gasteiger partial charge in [0.05, 0.1) is 23.7 Å². The summed E-state index contributed by atoms with van der Waals surface area (Å²) >= 11 is 5.33. The molecule has 1 amide bonds. The van der Waals surface area contributed by atoms with Gasteiger partial charge in [0.1, 0.15) is 0 Å². The number of carbonyl (C=O) groups is 1. The highest BCUT2D eigenvalue weighted by atomic mass is 35.5. The van der Waals surface area contributed by atoms with Crippen molar-refractivity contribution in [2.24, 2.45) is 0 Å². The highest BCUT2D eigenvalue weighted by molar-refractivity contribution is 7.91. The van der Waals surface area contributed by atoms with Crippen LogP contribution in [0.3, 0.4) is 0 Å². The first-order valence-electron chi connectivity index (χ1n) is 4.18. The number of aliphatic hydroxyl groups excluding tert-OH is 1. The molecular formula is C7H12ClNO4S. The Bertz CT molecular complexity index is 316. The Morgan fingerprint density at radius 2 is 2.14 bits per heavy atom. The molecule has 0 bridgehead atoms. The van der Waals surface area contributed by atoms with Crippen molar-refractivity contribution in [1.82, 2.24) is 5.32 Å². The van der Waals surface area contributed by atoms with E-state index in [0.29, 0.717) is 0 Å². The highest BCUT2D eigenvalue weighted by Gasteiger charge is 2.36. The molecule has 0 saturated carbocycles. The van der Waals surface area contributed by atoms with Crippen molar-refractivity contribution in [2.45, 2.75) is 18.6 Å². The first kappa shape index (κ1) is 11.7. The number of halogens is 1. The Balaban J connectivity index is 2.51. The van der Waals surface area contributed by atoms with E-state index in [1.54, 1.807) is 0 Å². The predicted octanol–water partition coefficient (Wildman–Crippen LogP) is -1.11. The molecule has 0 radical (unpaired) electrons. The van der Waals surface area contributed by atoms with Crippen molar-refractivity contribution >= 4 is 27.3 Å². The third-order valence-electron chi connectivity index (χ3n) is 1.99. The zero-order valence-corrected chi connectivity index (χ0v) is 9.01. The van der Waals surface area contributed by atoms with E-state index in [-0.39, 0.29) is 29.7 Å². The smallest absolute Gasteiger partial charge is 0.221 e. The molecule has 0 spiro atoms. The Morgan fingerprint density at radius 1 is 1.50 bits per heavy atom. The number of carbonyl (C=O) groups excluding carboxylic acids is 1. The lowest BCUT2D eigenvalue weighted by atomic mass is 10.2. The second-order valence-corrected chi connectivity index (χ2v) is 5.79. The number of sulfone groups is 1. The van der Waals surface area contributed by atoms with Crippen LogP contribution in [0.4, 0.5) is 0 Å².